The van der Waals surface area contributed by atoms with Crippen LogP contribution in [0.15, 0.2) is 54.6 Å². The summed E-state index contributed by atoms with van der Waals surface area (Å²) in [5, 5.41) is 5.59. The number of hydrogen-bond donors (Lipinski definition) is 2. The molecule has 0 aliphatic heterocycles. The number of rotatable bonds is 7. The Morgan fingerprint density at radius 2 is 1.61 bits per heavy atom. The molecule has 0 spiro atoms. The van der Waals surface area contributed by atoms with Crippen LogP contribution in [0.1, 0.15) is 38.1 Å². The lowest BCUT2D eigenvalue weighted by Crippen LogP contribution is -2.53. The fraction of sp³-hybridized carbons (Fsp3) is 0.364. The summed E-state index contributed by atoms with van der Waals surface area (Å²) in [6.07, 6.45) is 0. The molecular weight excluding hydrogens is 359 g/mol. The summed E-state index contributed by atoms with van der Waals surface area (Å²) in [5.74, 6) is -0.971. The van der Waals surface area contributed by atoms with E-state index in [2.05, 4.69) is 10.6 Å². The minimum absolute atomic E-state index is 0.107. The summed E-state index contributed by atoms with van der Waals surface area (Å²) in [6.45, 7) is 7.59. The van der Waals surface area contributed by atoms with Crippen LogP contribution in [0.5, 0.6) is 5.75 Å². The monoisotopic (exact) mass is 386 g/mol. The Balaban J connectivity index is 1.98. The van der Waals surface area contributed by atoms with Crippen LogP contribution in [0.2, 0.25) is 0 Å². The lowest BCUT2D eigenvalue weighted by molar-refractivity contribution is -0.124. The quantitative estimate of drug-likeness (QED) is 0.765. The molecule has 5 nitrogen and oxygen atoms in total. The minimum Gasteiger partial charge on any atom is -0.488 e. The zero-order valence-electron chi connectivity index (χ0n) is 16.7. The van der Waals surface area contributed by atoms with E-state index < -0.39 is 11.9 Å². The topological polar surface area (TPSA) is 67.4 Å². The largest absolute Gasteiger partial charge is 0.488 e. The summed E-state index contributed by atoms with van der Waals surface area (Å²) in [4.78, 5) is 24.8. The highest BCUT2D eigenvalue weighted by Crippen LogP contribution is 2.22. The van der Waals surface area contributed by atoms with Crippen molar-refractivity contribution in [2.45, 2.75) is 39.8 Å². The van der Waals surface area contributed by atoms with Crippen molar-refractivity contribution in [3.63, 3.8) is 0 Å². The second-order valence-electron chi connectivity index (χ2n) is 7.73. The molecule has 2 N–H and O–H groups in total. The average molecular weight is 386 g/mol. The highest BCUT2D eigenvalue weighted by atomic mass is 19.1. The third-order valence-corrected chi connectivity index (χ3v) is 4.38. The highest BCUT2D eigenvalue weighted by Gasteiger charge is 2.29. The van der Waals surface area contributed by atoms with Gasteiger partial charge in [0.1, 0.15) is 12.6 Å². The van der Waals surface area contributed by atoms with Gasteiger partial charge in [0.25, 0.3) is 5.91 Å². The molecule has 0 fully saturated rings. The fourth-order valence-corrected chi connectivity index (χ4v) is 2.47. The Morgan fingerprint density at radius 3 is 2.21 bits per heavy atom. The SMILES string of the molecule is CC(NC(=O)c1ccccc1)C(=O)NC(COc1ccccc1F)C(C)(C)C. The van der Waals surface area contributed by atoms with Gasteiger partial charge >= 0.3 is 0 Å². The molecule has 0 heterocycles. The van der Waals surface area contributed by atoms with Gasteiger partial charge in [0.2, 0.25) is 5.91 Å². The maximum absolute atomic E-state index is 13.8. The van der Waals surface area contributed by atoms with Crippen LogP contribution in [-0.4, -0.2) is 30.5 Å². The summed E-state index contributed by atoms with van der Waals surface area (Å²) in [6, 6.07) is 13.7. The van der Waals surface area contributed by atoms with E-state index in [1.54, 1.807) is 49.4 Å². The van der Waals surface area contributed by atoms with Crippen molar-refractivity contribution in [3.8, 4) is 5.75 Å². The summed E-state index contributed by atoms with van der Waals surface area (Å²) in [5.41, 5.74) is 0.154. The van der Waals surface area contributed by atoms with E-state index in [1.807, 2.05) is 26.8 Å². The number of nitrogens with one attached hydrogen (secondary N) is 2. The van der Waals surface area contributed by atoms with Gasteiger partial charge in [-0.3, -0.25) is 9.59 Å². The van der Waals surface area contributed by atoms with Crippen LogP contribution >= 0.6 is 0 Å². The first kappa shape index (κ1) is 21.4. The Labute approximate surface area is 165 Å². The van der Waals surface area contributed by atoms with E-state index >= 15 is 0 Å². The second-order valence-corrected chi connectivity index (χ2v) is 7.73. The Kier molecular flexibility index (Phi) is 7.15. The first-order valence-electron chi connectivity index (χ1n) is 9.22. The van der Waals surface area contributed by atoms with Crippen LogP contribution in [0, 0.1) is 11.2 Å². The molecule has 0 radical (unpaired) electrons. The van der Waals surface area contributed by atoms with Gasteiger partial charge in [-0.1, -0.05) is 51.1 Å². The molecular formula is C22H27FN2O3. The molecule has 150 valence electrons. The third-order valence-electron chi connectivity index (χ3n) is 4.38. The van der Waals surface area contributed by atoms with Crippen molar-refractivity contribution in [1.82, 2.24) is 10.6 Å². The van der Waals surface area contributed by atoms with Crippen LogP contribution in [0.4, 0.5) is 4.39 Å². The van der Waals surface area contributed by atoms with Crippen molar-refractivity contribution >= 4 is 11.8 Å². The van der Waals surface area contributed by atoms with E-state index in [0.29, 0.717) is 5.56 Å². The van der Waals surface area contributed by atoms with E-state index in [0.717, 1.165) is 0 Å². The maximum Gasteiger partial charge on any atom is 0.251 e. The van der Waals surface area contributed by atoms with Gasteiger partial charge in [-0.2, -0.15) is 0 Å². The van der Waals surface area contributed by atoms with Gasteiger partial charge in [-0.15, -0.1) is 0 Å². The van der Waals surface area contributed by atoms with Gasteiger partial charge in [0.15, 0.2) is 11.6 Å². The van der Waals surface area contributed by atoms with Crippen LogP contribution in [0.3, 0.4) is 0 Å². The lowest BCUT2D eigenvalue weighted by atomic mass is 9.87. The number of para-hydroxylation sites is 1. The lowest BCUT2D eigenvalue weighted by Gasteiger charge is -2.32. The zero-order valence-corrected chi connectivity index (χ0v) is 16.7. The summed E-state index contributed by atoms with van der Waals surface area (Å²) < 4.78 is 19.4. The molecule has 0 bridgehead atoms. The van der Waals surface area contributed by atoms with E-state index in [1.165, 1.54) is 6.07 Å². The van der Waals surface area contributed by atoms with Crippen molar-refractivity contribution in [1.29, 1.82) is 0 Å². The number of halogens is 1. The zero-order chi connectivity index (χ0) is 20.7. The molecule has 0 aliphatic carbocycles. The van der Waals surface area contributed by atoms with E-state index in [9.17, 15) is 14.0 Å². The first-order chi connectivity index (χ1) is 13.2. The molecule has 0 saturated heterocycles. The van der Waals surface area contributed by atoms with E-state index in [4.69, 9.17) is 4.74 Å². The Bertz CT molecular complexity index is 803. The number of amides is 2. The molecule has 2 aromatic carbocycles. The molecule has 6 heteroatoms. The smallest absolute Gasteiger partial charge is 0.251 e. The molecule has 2 rings (SSSR count). The van der Waals surface area contributed by atoms with Crippen molar-refractivity contribution in [2.75, 3.05) is 6.61 Å². The molecule has 28 heavy (non-hydrogen) atoms. The Hall–Kier alpha value is -2.89. The highest BCUT2D eigenvalue weighted by molar-refractivity contribution is 5.97. The molecule has 2 aromatic rings. The van der Waals surface area contributed by atoms with Crippen LogP contribution in [-0.2, 0) is 4.79 Å². The molecule has 0 aromatic heterocycles. The Morgan fingerprint density at radius 1 is 1.00 bits per heavy atom. The molecule has 2 amide bonds. The van der Waals surface area contributed by atoms with Gasteiger partial charge in [0, 0.05) is 5.56 Å². The van der Waals surface area contributed by atoms with Crippen LogP contribution in [0.25, 0.3) is 0 Å². The van der Waals surface area contributed by atoms with Gasteiger partial charge in [0.05, 0.1) is 6.04 Å². The average Bonchev–Trinajstić information content (AvgIpc) is 2.65. The first-order valence-corrected chi connectivity index (χ1v) is 9.22. The van der Waals surface area contributed by atoms with E-state index in [-0.39, 0.29) is 35.6 Å². The normalized spacial score (nSPS) is 13.3. The number of hydrogen-bond acceptors (Lipinski definition) is 3. The van der Waals surface area contributed by atoms with Gasteiger partial charge < -0.3 is 15.4 Å². The third kappa shape index (κ3) is 6.08. The molecule has 0 saturated carbocycles. The summed E-state index contributed by atoms with van der Waals surface area (Å²) in [7, 11) is 0. The molecule has 2 atom stereocenters. The summed E-state index contributed by atoms with van der Waals surface area (Å²) >= 11 is 0. The van der Waals surface area contributed by atoms with Gasteiger partial charge in [-0.25, -0.2) is 4.39 Å². The maximum atomic E-state index is 13.8. The van der Waals surface area contributed by atoms with Crippen LogP contribution < -0.4 is 15.4 Å². The van der Waals surface area contributed by atoms with Gasteiger partial charge in [-0.05, 0) is 36.6 Å². The number of benzene rings is 2. The molecule has 0 aliphatic rings. The number of carbonyl (C=O) groups is 2. The minimum atomic E-state index is -0.731. The number of carbonyl (C=O) groups excluding carboxylic acids is 2. The second kappa shape index (κ2) is 9.35. The predicted octanol–water partition coefficient (Wildman–Crippen LogP) is 3.55. The predicted molar refractivity (Wildman–Crippen MR) is 107 cm³/mol. The van der Waals surface area contributed by atoms with Crippen molar-refractivity contribution in [3.05, 3.63) is 66.0 Å². The standard InChI is InChI=1S/C22H27FN2O3/c1-15(24-21(27)16-10-6-5-7-11-16)20(26)25-19(22(2,3)4)14-28-18-13-9-8-12-17(18)23/h5-13,15,19H,14H2,1-4H3,(H,24,27)(H,25,26). The fourth-order valence-electron chi connectivity index (χ4n) is 2.47. The molecule has 2 unspecified atom stereocenters. The van der Waals surface area contributed by atoms with Crippen molar-refractivity contribution < 1.29 is 18.7 Å². The number of ether oxygens (including phenoxy) is 1. The van der Waals surface area contributed by atoms with Crippen molar-refractivity contribution in [2.24, 2.45) is 5.41 Å².